The zero-order chi connectivity index (χ0) is 20.3. The van der Waals surface area contributed by atoms with Crippen molar-refractivity contribution in [3.8, 4) is 0 Å². The highest BCUT2D eigenvalue weighted by atomic mass is 35.5. The summed E-state index contributed by atoms with van der Waals surface area (Å²) in [6, 6.07) is 11.0. The molecule has 0 saturated carbocycles. The predicted octanol–water partition coefficient (Wildman–Crippen LogP) is 2.46. The number of anilines is 1. The molecule has 0 aliphatic carbocycles. The molecule has 2 aromatic carbocycles. The van der Waals surface area contributed by atoms with Crippen LogP contribution in [0.4, 0.5) is 10.1 Å². The summed E-state index contributed by atoms with van der Waals surface area (Å²) < 4.78 is 14.0. The molecule has 1 atom stereocenters. The number of aryl methyl sites for hydroxylation is 1. The van der Waals surface area contributed by atoms with E-state index in [9.17, 15) is 9.18 Å². The van der Waals surface area contributed by atoms with Crippen LogP contribution in [-0.2, 0) is 11.3 Å². The van der Waals surface area contributed by atoms with Crippen molar-refractivity contribution in [3.05, 3.63) is 63.9 Å². The number of quaternary nitrogens is 1. The first kappa shape index (κ1) is 20.6. The molecule has 28 heavy (non-hydrogen) atoms. The molecule has 1 unspecified atom stereocenters. The maximum absolute atomic E-state index is 14.0. The molecule has 3 rings (SSSR count). The fourth-order valence-electron chi connectivity index (χ4n) is 3.71. The summed E-state index contributed by atoms with van der Waals surface area (Å²) in [4.78, 5) is 17.9. The third-order valence-electron chi connectivity index (χ3n) is 5.54. The topological polar surface area (TPSA) is 28.0 Å². The van der Waals surface area contributed by atoms with Gasteiger partial charge in [-0.25, -0.2) is 4.39 Å². The molecule has 1 N–H and O–H groups in total. The molecule has 1 amide bonds. The number of halogens is 2. The van der Waals surface area contributed by atoms with Crippen molar-refractivity contribution >= 4 is 23.2 Å². The molecule has 1 heterocycles. The highest BCUT2D eigenvalue weighted by Gasteiger charge is 2.25. The maximum atomic E-state index is 14.0. The van der Waals surface area contributed by atoms with E-state index < -0.39 is 0 Å². The van der Waals surface area contributed by atoms with Crippen LogP contribution < -0.4 is 9.80 Å². The molecule has 6 heteroatoms. The van der Waals surface area contributed by atoms with E-state index in [0.29, 0.717) is 36.8 Å². The molecule has 4 nitrogen and oxygen atoms in total. The summed E-state index contributed by atoms with van der Waals surface area (Å²) in [5, 5.41) is 0.411. The molecule has 1 fully saturated rings. The van der Waals surface area contributed by atoms with E-state index in [2.05, 4.69) is 36.9 Å². The number of nitrogens with zero attached hydrogens (tertiary/aromatic N) is 2. The Morgan fingerprint density at radius 2 is 1.79 bits per heavy atom. The summed E-state index contributed by atoms with van der Waals surface area (Å²) in [6.07, 6.45) is 0. The van der Waals surface area contributed by atoms with Crippen molar-refractivity contribution < 1.29 is 14.1 Å². The number of rotatable bonds is 5. The number of carbonyl (C=O) groups is 1. The zero-order valence-electron chi connectivity index (χ0n) is 16.8. The Morgan fingerprint density at radius 1 is 1.11 bits per heavy atom. The second-order valence-corrected chi connectivity index (χ2v) is 8.00. The highest BCUT2D eigenvalue weighted by Crippen LogP contribution is 2.23. The Morgan fingerprint density at radius 3 is 2.46 bits per heavy atom. The summed E-state index contributed by atoms with van der Waals surface area (Å²) in [7, 11) is 1.90. The molecule has 0 spiro atoms. The van der Waals surface area contributed by atoms with Crippen molar-refractivity contribution in [3.63, 3.8) is 0 Å². The number of amides is 1. The Hall–Kier alpha value is -2.11. The van der Waals surface area contributed by atoms with Gasteiger partial charge in [-0.05, 0) is 43.2 Å². The van der Waals surface area contributed by atoms with E-state index in [1.54, 1.807) is 12.1 Å². The summed E-state index contributed by atoms with van der Waals surface area (Å²) in [6.45, 7) is 8.06. The van der Waals surface area contributed by atoms with E-state index in [4.69, 9.17) is 11.6 Å². The first-order valence-corrected chi connectivity index (χ1v) is 10.1. The Kier molecular flexibility index (Phi) is 6.57. The lowest BCUT2D eigenvalue weighted by Crippen LogP contribution is -3.09. The number of hydrogen-bond donors (Lipinski definition) is 1. The first-order chi connectivity index (χ1) is 13.4. The van der Waals surface area contributed by atoms with Crippen LogP contribution in [0.1, 0.15) is 16.7 Å². The van der Waals surface area contributed by atoms with Crippen LogP contribution >= 0.6 is 11.6 Å². The number of carbonyl (C=O) groups excluding carboxylic acids is 1. The van der Waals surface area contributed by atoms with Gasteiger partial charge in [-0.15, -0.1) is 0 Å². The average molecular weight is 405 g/mol. The Labute approximate surface area is 171 Å². The molecule has 1 saturated heterocycles. The van der Waals surface area contributed by atoms with Crippen LogP contribution in [-0.4, -0.2) is 50.6 Å². The van der Waals surface area contributed by atoms with Crippen molar-refractivity contribution in [1.29, 1.82) is 0 Å². The van der Waals surface area contributed by atoms with Gasteiger partial charge >= 0.3 is 0 Å². The lowest BCUT2D eigenvalue weighted by atomic mass is 10.1. The van der Waals surface area contributed by atoms with E-state index >= 15 is 0 Å². The summed E-state index contributed by atoms with van der Waals surface area (Å²) in [5.41, 5.74) is 4.31. The van der Waals surface area contributed by atoms with Crippen LogP contribution in [0.5, 0.6) is 0 Å². The highest BCUT2D eigenvalue weighted by molar-refractivity contribution is 6.31. The van der Waals surface area contributed by atoms with Crippen LogP contribution in [0.25, 0.3) is 0 Å². The van der Waals surface area contributed by atoms with Gasteiger partial charge < -0.3 is 14.7 Å². The van der Waals surface area contributed by atoms with Crippen LogP contribution in [0.3, 0.4) is 0 Å². The minimum atomic E-state index is -0.318. The first-order valence-electron chi connectivity index (χ1n) is 9.70. The van der Waals surface area contributed by atoms with Crippen LogP contribution in [0, 0.1) is 19.7 Å². The van der Waals surface area contributed by atoms with E-state index in [0.717, 1.165) is 18.0 Å². The Balaban J connectivity index is 1.54. The van der Waals surface area contributed by atoms with Crippen LogP contribution in [0.2, 0.25) is 5.02 Å². The van der Waals surface area contributed by atoms with Crippen molar-refractivity contribution in [2.24, 2.45) is 0 Å². The molecule has 150 valence electrons. The lowest BCUT2D eigenvalue weighted by molar-refractivity contribution is -0.885. The van der Waals surface area contributed by atoms with Gasteiger partial charge in [0, 0.05) is 31.9 Å². The van der Waals surface area contributed by atoms with Gasteiger partial charge in [-0.1, -0.05) is 29.8 Å². The molecule has 0 bridgehead atoms. The van der Waals surface area contributed by atoms with Gasteiger partial charge in [0.25, 0.3) is 5.91 Å². The Bertz CT molecular complexity index is 829. The van der Waals surface area contributed by atoms with E-state index in [1.807, 2.05) is 11.9 Å². The number of hydrogen-bond acceptors (Lipinski definition) is 2. The standard InChI is InChI=1S/C22H27ClFN3O/c1-16-6-4-9-21(17(16)2)26-10-12-27(13-11-26)22(28)15-25(3)14-18-19(23)7-5-8-20(18)24/h4-9H,10-15H2,1-3H3/p+1. The smallest absolute Gasteiger partial charge is 0.277 e. The summed E-state index contributed by atoms with van der Waals surface area (Å²) >= 11 is 6.10. The quantitative estimate of drug-likeness (QED) is 0.829. The van der Waals surface area contributed by atoms with Crippen molar-refractivity contribution in [1.82, 2.24) is 4.90 Å². The van der Waals surface area contributed by atoms with Gasteiger partial charge in [0.2, 0.25) is 0 Å². The number of benzene rings is 2. The lowest BCUT2D eigenvalue weighted by Gasteiger charge is -2.37. The van der Waals surface area contributed by atoms with Gasteiger partial charge in [0.1, 0.15) is 12.4 Å². The van der Waals surface area contributed by atoms with Gasteiger partial charge in [-0.2, -0.15) is 0 Å². The van der Waals surface area contributed by atoms with Gasteiger partial charge in [-0.3, -0.25) is 4.79 Å². The molecular weight excluding hydrogens is 377 g/mol. The number of likely N-dealkylation sites (N-methyl/N-ethyl adjacent to an activating group) is 1. The molecule has 2 aromatic rings. The normalized spacial score (nSPS) is 15.6. The zero-order valence-corrected chi connectivity index (χ0v) is 17.5. The number of piperazine rings is 1. The van der Waals surface area contributed by atoms with Gasteiger partial charge in [0.05, 0.1) is 17.6 Å². The SMILES string of the molecule is Cc1cccc(N2CCN(C(=O)C[NH+](C)Cc3c(F)cccc3Cl)CC2)c1C. The van der Waals surface area contributed by atoms with Crippen molar-refractivity contribution in [2.45, 2.75) is 20.4 Å². The summed E-state index contributed by atoms with van der Waals surface area (Å²) in [5.74, 6) is -0.216. The van der Waals surface area contributed by atoms with Crippen molar-refractivity contribution in [2.75, 3.05) is 44.7 Å². The molecule has 1 aliphatic heterocycles. The number of nitrogens with one attached hydrogen (secondary N) is 1. The molecular formula is C22H28ClFN3O+. The minimum absolute atomic E-state index is 0.102. The monoisotopic (exact) mass is 404 g/mol. The fourth-order valence-corrected chi connectivity index (χ4v) is 3.94. The van der Waals surface area contributed by atoms with E-state index in [-0.39, 0.29) is 11.7 Å². The second kappa shape index (κ2) is 8.93. The van der Waals surface area contributed by atoms with Gasteiger partial charge in [0.15, 0.2) is 6.54 Å². The minimum Gasteiger partial charge on any atom is -0.368 e. The molecule has 0 radical (unpaired) electrons. The second-order valence-electron chi connectivity index (χ2n) is 7.60. The molecule has 0 aromatic heterocycles. The third-order valence-corrected chi connectivity index (χ3v) is 5.90. The molecule has 1 aliphatic rings. The van der Waals surface area contributed by atoms with Crippen LogP contribution in [0.15, 0.2) is 36.4 Å². The third kappa shape index (κ3) is 4.65. The largest absolute Gasteiger partial charge is 0.368 e. The van der Waals surface area contributed by atoms with E-state index in [1.165, 1.54) is 22.9 Å². The fraction of sp³-hybridized carbons (Fsp3) is 0.409. The predicted molar refractivity (Wildman–Crippen MR) is 112 cm³/mol. The average Bonchev–Trinajstić information content (AvgIpc) is 2.67. The maximum Gasteiger partial charge on any atom is 0.277 e.